The number of phenolic OH excluding ortho intramolecular Hbond substituents is 1. The number of aromatic hydroxyl groups is 1. The number of imide groups is 2. The summed E-state index contributed by atoms with van der Waals surface area (Å²) in [5.41, 5.74) is 0.451. The van der Waals surface area contributed by atoms with Crippen molar-refractivity contribution in [1.82, 2.24) is 4.90 Å². The van der Waals surface area contributed by atoms with Crippen LogP contribution in [0, 0.1) is 29.1 Å². The molecule has 2 aliphatic heterocycles. The van der Waals surface area contributed by atoms with E-state index in [-0.39, 0.29) is 43.4 Å². The number of fused-ring (bicyclic) bond motifs is 5. The van der Waals surface area contributed by atoms with E-state index in [1.54, 1.807) is 49.4 Å². The molecule has 0 spiro atoms. The van der Waals surface area contributed by atoms with Gasteiger partial charge in [-0.1, -0.05) is 66.2 Å². The van der Waals surface area contributed by atoms with Gasteiger partial charge in [0.2, 0.25) is 23.6 Å². The molecule has 3 fully saturated rings. The second-order valence-corrected chi connectivity index (χ2v) is 12.2. The molecule has 2 saturated heterocycles. The summed E-state index contributed by atoms with van der Waals surface area (Å²) >= 11 is 0. The van der Waals surface area contributed by atoms with Gasteiger partial charge in [-0.05, 0) is 43.2 Å². The van der Waals surface area contributed by atoms with Crippen LogP contribution in [-0.4, -0.2) is 51.3 Å². The van der Waals surface area contributed by atoms with Gasteiger partial charge >= 0.3 is 5.97 Å². The van der Waals surface area contributed by atoms with Crippen LogP contribution < -0.4 is 4.90 Å². The lowest BCUT2D eigenvalue weighted by molar-refractivity contribution is -0.142. The molecule has 9 nitrogen and oxygen atoms in total. The quantitative estimate of drug-likeness (QED) is 0.342. The SMILES string of the molecule is CC12C(=O)N(c3ccccc3)C(=O)C1CC1C(=CCC3C(=O)N(CCC(=O)O)C(=O)C31)C2c1ccc2ccccc2c1O. The number of carboxylic acids is 1. The first-order valence-electron chi connectivity index (χ1n) is 14.6. The fraction of sp³-hybridized carbons (Fsp3) is 0.324. The number of likely N-dealkylation sites (tertiary alicyclic amines) is 1. The second kappa shape index (κ2) is 9.62. The Morgan fingerprint density at radius 1 is 0.907 bits per heavy atom. The largest absolute Gasteiger partial charge is 0.507 e. The molecule has 0 aromatic heterocycles. The van der Waals surface area contributed by atoms with Gasteiger partial charge < -0.3 is 10.2 Å². The molecular formula is C34H30N2O7. The van der Waals surface area contributed by atoms with Gasteiger partial charge in [-0.15, -0.1) is 0 Å². The molecule has 4 aliphatic rings. The summed E-state index contributed by atoms with van der Waals surface area (Å²) in [6, 6.07) is 19.8. The van der Waals surface area contributed by atoms with E-state index in [2.05, 4.69) is 0 Å². The number of phenols is 1. The predicted molar refractivity (Wildman–Crippen MR) is 156 cm³/mol. The van der Waals surface area contributed by atoms with Crippen molar-refractivity contribution >= 4 is 46.1 Å². The average Bonchev–Trinajstić information content (AvgIpc) is 3.36. The molecule has 2 aliphatic carbocycles. The summed E-state index contributed by atoms with van der Waals surface area (Å²) < 4.78 is 0. The zero-order chi connectivity index (χ0) is 30.2. The lowest BCUT2D eigenvalue weighted by Crippen LogP contribution is -2.48. The molecule has 0 bridgehead atoms. The number of aliphatic carboxylic acids is 1. The maximum absolute atomic E-state index is 14.5. The van der Waals surface area contributed by atoms with Crippen molar-refractivity contribution in [3.05, 3.63) is 83.9 Å². The van der Waals surface area contributed by atoms with E-state index in [0.717, 1.165) is 15.9 Å². The first-order valence-corrected chi connectivity index (χ1v) is 14.6. The number of carboxylic acid groups (broad SMARTS) is 1. The first kappa shape index (κ1) is 27.1. The Morgan fingerprint density at radius 2 is 1.63 bits per heavy atom. The maximum atomic E-state index is 14.5. The normalized spacial score (nSPS) is 29.9. The van der Waals surface area contributed by atoms with Gasteiger partial charge in [0, 0.05) is 23.4 Å². The van der Waals surface area contributed by atoms with Crippen LogP contribution in [0.1, 0.15) is 37.7 Å². The van der Waals surface area contributed by atoms with Crippen molar-refractivity contribution in [3.63, 3.8) is 0 Å². The third kappa shape index (κ3) is 3.73. The van der Waals surface area contributed by atoms with E-state index in [4.69, 9.17) is 0 Å². The number of hydrogen-bond acceptors (Lipinski definition) is 6. The lowest BCUT2D eigenvalue weighted by atomic mass is 9.51. The number of para-hydroxylation sites is 1. The molecule has 9 heteroatoms. The van der Waals surface area contributed by atoms with Gasteiger partial charge in [0.05, 0.1) is 35.3 Å². The summed E-state index contributed by atoms with van der Waals surface area (Å²) in [5, 5.41) is 22.3. The molecule has 2 heterocycles. The molecule has 43 heavy (non-hydrogen) atoms. The molecule has 218 valence electrons. The van der Waals surface area contributed by atoms with Gasteiger partial charge in [-0.3, -0.25) is 28.9 Å². The fourth-order valence-electron chi connectivity index (χ4n) is 8.18. The van der Waals surface area contributed by atoms with E-state index >= 15 is 0 Å². The summed E-state index contributed by atoms with van der Waals surface area (Å²) in [7, 11) is 0. The minimum Gasteiger partial charge on any atom is -0.507 e. The van der Waals surface area contributed by atoms with Gasteiger partial charge in [-0.25, -0.2) is 4.90 Å². The summed E-state index contributed by atoms with van der Waals surface area (Å²) in [4.78, 5) is 69.3. The molecule has 3 aromatic carbocycles. The highest BCUT2D eigenvalue weighted by Crippen LogP contribution is 2.64. The van der Waals surface area contributed by atoms with Crippen molar-refractivity contribution in [2.75, 3.05) is 11.4 Å². The molecular weight excluding hydrogens is 548 g/mol. The van der Waals surface area contributed by atoms with Gasteiger partial charge in [0.25, 0.3) is 0 Å². The number of anilines is 1. The molecule has 6 unspecified atom stereocenters. The van der Waals surface area contributed by atoms with Crippen molar-refractivity contribution in [2.24, 2.45) is 29.1 Å². The Bertz CT molecular complexity index is 1760. The summed E-state index contributed by atoms with van der Waals surface area (Å²) in [6.45, 7) is 1.57. The maximum Gasteiger partial charge on any atom is 0.305 e. The third-order valence-corrected chi connectivity index (χ3v) is 10.2. The van der Waals surface area contributed by atoms with Crippen LogP contribution in [0.5, 0.6) is 5.75 Å². The Hall–Kier alpha value is -4.79. The van der Waals surface area contributed by atoms with Crippen LogP contribution in [0.3, 0.4) is 0 Å². The zero-order valence-electron chi connectivity index (χ0n) is 23.5. The Kier molecular flexibility index (Phi) is 6.06. The highest BCUT2D eigenvalue weighted by Gasteiger charge is 2.67. The second-order valence-electron chi connectivity index (χ2n) is 12.2. The fourth-order valence-corrected chi connectivity index (χ4v) is 8.18. The van der Waals surface area contributed by atoms with E-state index in [9.17, 15) is 34.2 Å². The Morgan fingerprint density at radius 3 is 2.37 bits per heavy atom. The molecule has 4 amide bonds. The smallest absolute Gasteiger partial charge is 0.305 e. The number of rotatable bonds is 5. The van der Waals surface area contributed by atoms with Crippen molar-refractivity contribution in [2.45, 2.75) is 32.1 Å². The molecule has 7 rings (SSSR count). The van der Waals surface area contributed by atoms with E-state index in [0.29, 0.717) is 16.6 Å². The minimum absolute atomic E-state index is 0.0158. The van der Waals surface area contributed by atoms with Crippen molar-refractivity contribution < 1.29 is 34.2 Å². The summed E-state index contributed by atoms with van der Waals surface area (Å²) in [5.74, 6) is -6.19. The predicted octanol–water partition coefficient (Wildman–Crippen LogP) is 4.25. The standard InChI is InChI=1S/C34H30N2O7/c1-34-25(31(41)36(33(34)43)19-8-3-2-4-9-19)17-24-21(28(34)23-12-11-18-7-5-6-10-20(18)29(23)39)13-14-22-27(24)32(42)35(30(22)40)16-15-26(37)38/h2-13,22,24-25,27-28,39H,14-17H2,1H3,(H,37,38). The summed E-state index contributed by atoms with van der Waals surface area (Å²) in [6.07, 6.45) is 2.01. The highest BCUT2D eigenvalue weighted by atomic mass is 16.4. The van der Waals surface area contributed by atoms with Gasteiger partial charge in [0.15, 0.2) is 0 Å². The average molecular weight is 579 g/mol. The monoisotopic (exact) mass is 578 g/mol. The van der Waals surface area contributed by atoms with E-state index < -0.39 is 52.8 Å². The van der Waals surface area contributed by atoms with Crippen LogP contribution in [-0.2, 0) is 24.0 Å². The number of nitrogens with zero attached hydrogens (tertiary/aromatic N) is 2. The Balaban J connectivity index is 1.40. The zero-order valence-corrected chi connectivity index (χ0v) is 23.5. The first-order chi connectivity index (χ1) is 20.6. The highest BCUT2D eigenvalue weighted by molar-refractivity contribution is 6.24. The van der Waals surface area contributed by atoms with Crippen molar-refractivity contribution in [3.8, 4) is 5.75 Å². The molecule has 0 radical (unpaired) electrons. The van der Waals surface area contributed by atoms with E-state index in [1.807, 2.05) is 30.3 Å². The van der Waals surface area contributed by atoms with E-state index in [1.165, 1.54) is 4.90 Å². The number of benzene rings is 3. The van der Waals surface area contributed by atoms with Gasteiger partial charge in [0.1, 0.15) is 5.75 Å². The number of hydrogen-bond donors (Lipinski definition) is 2. The third-order valence-electron chi connectivity index (χ3n) is 10.2. The van der Waals surface area contributed by atoms with Crippen LogP contribution in [0.15, 0.2) is 78.4 Å². The molecule has 2 N–H and O–H groups in total. The molecule has 3 aromatic rings. The minimum atomic E-state index is -1.27. The van der Waals surface area contributed by atoms with Crippen LogP contribution in [0.25, 0.3) is 10.8 Å². The molecule has 6 atom stereocenters. The number of amides is 4. The van der Waals surface area contributed by atoms with Crippen molar-refractivity contribution in [1.29, 1.82) is 0 Å². The van der Waals surface area contributed by atoms with Crippen LogP contribution in [0.4, 0.5) is 5.69 Å². The lowest BCUT2D eigenvalue weighted by Gasteiger charge is -2.49. The topological polar surface area (TPSA) is 132 Å². The number of carbonyl (C=O) groups excluding carboxylic acids is 4. The number of allylic oxidation sites excluding steroid dienone is 2. The molecule has 1 saturated carbocycles. The van der Waals surface area contributed by atoms with Crippen LogP contribution >= 0.6 is 0 Å². The number of carbonyl (C=O) groups is 5. The Labute approximate surface area is 247 Å². The van der Waals surface area contributed by atoms with Gasteiger partial charge in [-0.2, -0.15) is 0 Å². The van der Waals surface area contributed by atoms with Crippen LogP contribution in [0.2, 0.25) is 0 Å².